The molecule has 3 N–H and O–H groups in total. The third kappa shape index (κ3) is 5.91. The fourth-order valence-electron chi connectivity index (χ4n) is 1.84. The smallest absolute Gasteiger partial charge is 0.273 e. The van der Waals surface area contributed by atoms with E-state index in [2.05, 4.69) is 22.7 Å². The van der Waals surface area contributed by atoms with Gasteiger partial charge in [0, 0.05) is 6.08 Å². The molecule has 0 fully saturated rings. The largest absolute Gasteiger partial charge is 0.489 e. The van der Waals surface area contributed by atoms with Crippen LogP contribution in [-0.4, -0.2) is 23.5 Å². The maximum atomic E-state index is 12.2. The van der Waals surface area contributed by atoms with Crippen LogP contribution in [-0.2, 0) is 4.79 Å². The molecule has 7 nitrogen and oxygen atoms in total. The van der Waals surface area contributed by atoms with Crippen molar-refractivity contribution < 1.29 is 18.7 Å². The predicted molar refractivity (Wildman–Crippen MR) is 101 cm³/mol. The van der Waals surface area contributed by atoms with Crippen LogP contribution in [0.15, 0.2) is 65.8 Å². The number of furan rings is 1. The van der Waals surface area contributed by atoms with Gasteiger partial charge in [0.25, 0.3) is 5.91 Å². The van der Waals surface area contributed by atoms with Gasteiger partial charge in [-0.1, -0.05) is 24.8 Å². The van der Waals surface area contributed by atoms with Crippen LogP contribution >= 0.6 is 12.2 Å². The minimum atomic E-state index is -0.470. The summed E-state index contributed by atoms with van der Waals surface area (Å²) in [6.07, 6.45) is 5.82. The number of amides is 2. The maximum absolute atomic E-state index is 12.2. The number of para-hydroxylation sites is 1. The third-order valence-electron chi connectivity index (χ3n) is 2.96. The molecule has 0 aliphatic carbocycles. The van der Waals surface area contributed by atoms with Gasteiger partial charge in [-0.05, 0) is 42.6 Å². The number of ether oxygens (including phenoxy) is 1. The minimum absolute atomic E-state index is 0.0584. The molecule has 0 radical (unpaired) electrons. The lowest BCUT2D eigenvalue weighted by molar-refractivity contribution is -0.115. The van der Waals surface area contributed by atoms with Gasteiger partial charge in [-0.2, -0.15) is 0 Å². The zero-order valence-corrected chi connectivity index (χ0v) is 14.5. The van der Waals surface area contributed by atoms with Crippen LogP contribution in [0.5, 0.6) is 5.75 Å². The molecule has 0 atom stereocenters. The Kier molecular flexibility index (Phi) is 7.14. The molecule has 2 rings (SSSR count). The van der Waals surface area contributed by atoms with Gasteiger partial charge in [-0.3, -0.25) is 25.8 Å². The molecule has 8 heteroatoms. The van der Waals surface area contributed by atoms with Gasteiger partial charge in [-0.25, -0.2) is 0 Å². The van der Waals surface area contributed by atoms with E-state index in [9.17, 15) is 9.59 Å². The van der Waals surface area contributed by atoms with Crippen molar-refractivity contribution in [2.24, 2.45) is 0 Å². The number of carbonyl (C=O) groups excluding carboxylic acids is 2. The second-order valence-electron chi connectivity index (χ2n) is 4.84. The first-order valence-electron chi connectivity index (χ1n) is 7.55. The average molecular weight is 371 g/mol. The van der Waals surface area contributed by atoms with E-state index in [1.165, 1.54) is 18.4 Å². The molecule has 1 aromatic heterocycles. The van der Waals surface area contributed by atoms with E-state index < -0.39 is 11.8 Å². The molecule has 0 unspecified atom stereocenters. The van der Waals surface area contributed by atoms with Gasteiger partial charge in [-0.15, -0.1) is 0 Å². The van der Waals surface area contributed by atoms with E-state index in [1.807, 2.05) is 0 Å². The van der Waals surface area contributed by atoms with E-state index in [-0.39, 0.29) is 11.7 Å². The lowest BCUT2D eigenvalue weighted by Crippen LogP contribution is -2.48. The monoisotopic (exact) mass is 371 g/mol. The van der Waals surface area contributed by atoms with Crippen LogP contribution in [0.4, 0.5) is 0 Å². The van der Waals surface area contributed by atoms with Crippen LogP contribution in [0.1, 0.15) is 16.1 Å². The molecule has 0 aliphatic heterocycles. The molecule has 134 valence electrons. The Bertz CT molecular complexity index is 816. The number of thiocarbonyl (C=S) groups is 1. The highest BCUT2D eigenvalue weighted by molar-refractivity contribution is 7.80. The molecular formula is C18H17N3O4S. The third-order valence-corrected chi connectivity index (χ3v) is 3.16. The van der Waals surface area contributed by atoms with E-state index in [4.69, 9.17) is 21.4 Å². The summed E-state index contributed by atoms with van der Waals surface area (Å²) >= 11 is 4.96. The molecule has 1 heterocycles. The van der Waals surface area contributed by atoms with E-state index in [1.54, 1.807) is 42.5 Å². The van der Waals surface area contributed by atoms with Gasteiger partial charge >= 0.3 is 0 Å². The summed E-state index contributed by atoms with van der Waals surface area (Å²) in [6.45, 7) is 3.83. The second kappa shape index (κ2) is 9.80. The van der Waals surface area contributed by atoms with Crippen LogP contribution in [0.3, 0.4) is 0 Å². The summed E-state index contributed by atoms with van der Waals surface area (Å²) in [7, 11) is 0. The number of benzene rings is 1. The second-order valence-corrected chi connectivity index (χ2v) is 5.25. The summed E-state index contributed by atoms with van der Waals surface area (Å²) in [4.78, 5) is 23.9. The van der Waals surface area contributed by atoms with Crippen molar-refractivity contribution in [2.75, 3.05) is 6.61 Å². The SMILES string of the molecule is C=CCOc1ccccc1C(=O)NNC(=S)NC(=O)/C=C/c1ccco1. The van der Waals surface area contributed by atoms with Crippen LogP contribution in [0.2, 0.25) is 0 Å². The van der Waals surface area contributed by atoms with E-state index in [0.29, 0.717) is 17.1 Å². The minimum Gasteiger partial charge on any atom is -0.489 e. The molecule has 0 saturated heterocycles. The van der Waals surface area contributed by atoms with Crippen molar-refractivity contribution in [1.29, 1.82) is 0 Å². The number of rotatable bonds is 6. The quantitative estimate of drug-likeness (QED) is 0.312. The molecule has 1 aromatic carbocycles. The fourth-order valence-corrected chi connectivity index (χ4v) is 1.99. The lowest BCUT2D eigenvalue weighted by Gasteiger charge is -2.12. The summed E-state index contributed by atoms with van der Waals surface area (Å²) in [6, 6.07) is 10.1. The first-order valence-corrected chi connectivity index (χ1v) is 7.96. The van der Waals surface area contributed by atoms with Gasteiger partial charge in [0.05, 0.1) is 11.8 Å². The Balaban J connectivity index is 1.84. The molecule has 2 amide bonds. The fraction of sp³-hybridized carbons (Fsp3) is 0.0556. The van der Waals surface area contributed by atoms with Gasteiger partial charge in [0.2, 0.25) is 5.91 Å². The van der Waals surface area contributed by atoms with E-state index in [0.717, 1.165) is 0 Å². The summed E-state index contributed by atoms with van der Waals surface area (Å²) in [5.74, 6) is 0.00162. The average Bonchev–Trinajstić information content (AvgIpc) is 3.16. The van der Waals surface area contributed by atoms with Crippen LogP contribution in [0, 0.1) is 0 Å². The first kappa shape index (κ1) is 18.9. The lowest BCUT2D eigenvalue weighted by atomic mass is 10.2. The topological polar surface area (TPSA) is 92.6 Å². The zero-order chi connectivity index (χ0) is 18.8. The number of carbonyl (C=O) groups is 2. The predicted octanol–water partition coefficient (Wildman–Crippen LogP) is 2.19. The van der Waals surface area contributed by atoms with Gasteiger partial charge in [0.15, 0.2) is 5.11 Å². The van der Waals surface area contributed by atoms with Crippen molar-refractivity contribution in [3.8, 4) is 5.75 Å². The van der Waals surface area contributed by atoms with Gasteiger partial charge < -0.3 is 9.15 Å². The highest BCUT2D eigenvalue weighted by atomic mass is 32.1. The molecule has 0 saturated carbocycles. The van der Waals surface area contributed by atoms with Crippen molar-refractivity contribution in [2.45, 2.75) is 0 Å². The molecule has 0 bridgehead atoms. The highest BCUT2D eigenvalue weighted by Gasteiger charge is 2.12. The van der Waals surface area contributed by atoms with Gasteiger partial charge in [0.1, 0.15) is 18.1 Å². The normalized spacial score (nSPS) is 10.2. The number of hydrogen-bond acceptors (Lipinski definition) is 5. The van der Waals surface area contributed by atoms with Crippen molar-refractivity contribution in [3.63, 3.8) is 0 Å². The highest BCUT2D eigenvalue weighted by Crippen LogP contribution is 2.17. The summed E-state index contributed by atoms with van der Waals surface area (Å²) < 4.78 is 10.5. The Morgan fingerprint density at radius 1 is 1.19 bits per heavy atom. The summed E-state index contributed by atoms with van der Waals surface area (Å²) in [5, 5.41) is 2.33. The Morgan fingerprint density at radius 2 is 2.00 bits per heavy atom. The van der Waals surface area contributed by atoms with Crippen molar-refractivity contribution >= 4 is 35.2 Å². The Labute approximate surface area is 155 Å². The Hall–Kier alpha value is -3.39. The summed E-state index contributed by atoms with van der Waals surface area (Å²) in [5.41, 5.74) is 5.17. The maximum Gasteiger partial charge on any atom is 0.273 e. The van der Waals surface area contributed by atoms with Crippen molar-refractivity contribution in [3.05, 3.63) is 72.7 Å². The molecule has 0 spiro atoms. The Morgan fingerprint density at radius 3 is 2.73 bits per heavy atom. The van der Waals surface area contributed by atoms with Crippen LogP contribution in [0.25, 0.3) is 6.08 Å². The van der Waals surface area contributed by atoms with Crippen LogP contribution < -0.4 is 20.9 Å². The molecule has 2 aromatic rings. The number of hydrogen-bond donors (Lipinski definition) is 3. The number of hydrazine groups is 1. The standard InChI is InChI=1S/C18H17N3O4S/c1-2-11-25-15-8-4-3-7-14(15)17(23)20-21-18(26)19-16(22)10-9-13-6-5-12-24-13/h2-10,12H,1,11H2,(H,20,23)(H2,19,21,22,26)/b10-9+. The molecular weight excluding hydrogens is 354 g/mol. The number of nitrogens with one attached hydrogen (secondary N) is 3. The molecule has 0 aliphatic rings. The van der Waals surface area contributed by atoms with Crippen molar-refractivity contribution in [1.82, 2.24) is 16.2 Å². The zero-order valence-electron chi connectivity index (χ0n) is 13.7. The van der Waals surface area contributed by atoms with E-state index >= 15 is 0 Å². The first-order chi connectivity index (χ1) is 12.6. The molecule has 26 heavy (non-hydrogen) atoms.